The molecule has 0 aromatic carbocycles. The number of alkyl carbamates (subject to hydrolysis) is 1. The minimum Gasteiger partial charge on any atom is -0.450 e. The number of hydrogen-bond donors (Lipinski definition) is 1. The van der Waals surface area contributed by atoms with E-state index in [0.29, 0.717) is 19.2 Å². The predicted molar refractivity (Wildman–Crippen MR) is 135 cm³/mol. The molecule has 0 aromatic heterocycles. The normalized spacial score (nSPS) is 11.6. The van der Waals surface area contributed by atoms with Gasteiger partial charge < -0.3 is 23.3 Å². The van der Waals surface area contributed by atoms with E-state index in [0.717, 1.165) is 19.3 Å². The maximum atomic E-state index is 11.7. The van der Waals surface area contributed by atoms with E-state index in [2.05, 4.69) is 12.2 Å². The van der Waals surface area contributed by atoms with Crippen molar-refractivity contribution in [3.05, 3.63) is 0 Å². The van der Waals surface area contributed by atoms with E-state index in [1.165, 1.54) is 89.9 Å². The van der Waals surface area contributed by atoms with Crippen LogP contribution in [0.15, 0.2) is 0 Å². The number of ether oxygens (including phenoxy) is 1. The lowest BCUT2D eigenvalue weighted by Gasteiger charge is -2.24. The van der Waals surface area contributed by atoms with Crippen molar-refractivity contribution in [1.29, 1.82) is 0 Å². The monoisotopic (exact) mass is 475 g/mol. The molecule has 1 amide bonds. The highest BCUT2D eigenvalue weighted by molar-refractivity contribution is 6.60. The number of unbranched alkanes of at least 4 members (excludes halogenated alkanes) is 15. The molecule has 0 aliphatic heterocycles. The standard InChI is InChI=1S/C25H53NO5Si/c1-5-6-7-8-9-10-11-12-13-14-15-16-17-18-19-20-23-31-25(27)26-22-21-24-32(28-2,29-3)30-4/h5-24H2,1-4H3,(H,26,27). The number of carbonyl (C=O) groups excluding carboxylic acids is 1. The number of nitrogens with one attached hydrogen (secondary N) is 1. The first kappa shape index (κ1) is 31.4. The Morgan fingerprint density at radius 1 is 0.625 bits per heavy atom. The number of amides is 1. The number of hydrogen-bond acceptors (Lipinski definition) is 5. The quantitative estimate of drug-likeness (QED) is 0.118. The predicted octanol–water partition coefficient (Wildman–Crippen LogP) is 7.24. The average Bonchev–Trinajstić information content (AvgIpc) is 2.81. The highest BCUT2D eigenvalue weighted by Crippen LogP contribution is 2.15. The van der Waals surface area contributed by atoms with E-state index in [1.807, 2.05) is 0 Å². The van der Waals surface area contributed by atoms with Gasteiger partial charge in [0.1, 0.15) is 0 Å². The van der Waals surface area contributed by atoms with Gasteiger partial charge in [0, 0.05) is 33.9 Å². The summed E-state index contributed by atoms with van der Waals surface area (Å²) in [4.78, 5) is 11.7. The third-order valence-corrected chi connectivity index (χ3v) is 8.93. The van der Waals surface area contributed by atoms with Crippen LogP contribution in [0.1, 0.15) is 116 Å². The summed E-state index contributed by atoms with van der Waals surface area (Å²) in [7, 11) is 2.24. The fraction of sp³-hybridized carbons (Fsp3) is 0.960. The third-order valence-electron chi connectivity index (χ3n) is 6.09. The minimum absolute atomic E-state index is 0.342. The van der Waals surface area contributed by atoms with Crippen molar-refractivity contribution in [3.8, 4) is 0 Å². The molecule has 192 valence electrons. The fourth-order valence-electron chi connectivity index (χ4n) is 3.92. The largest absolute Gasteiger partial charge is 0.500 e. The Balaban J connectivity index is 3.31. The molecule has 0 saturated heterocycles. The summed E-state index contributed by atoms with van der Waals surface area (Å²) >= 11 is 0. The first-order valence-corrected chi connectivity index (χ1v) is 15.1. The molecule has 0 aromatic rings. The maximum absolute atomic E-state index is 11.7. The van der Waals surface area contributed by atoms with E-state index in [1.54, 1.807) is 21.3 Å². The van der Waals surface area contributed by atoms with Gasteiger partial charge in [0.2, 0.25) is 0 Å². The maximum Gasteiger partial charge on any atom is 0.500 e. The number of rotatable bonds is 24. The van der Waals surface area contributed by atoms with Crippen molar-refractivity contribution in [1.82, 2.24) is 5.32 Å². The second-order valence-corrected chi connectivity index (χ2v) is 11.9. The molecule has 0 radical (unpaired) electrons. The zero-order valence-electron chi connectivity index (χ0n) is 21.7. The molecule has 7 heteroatoms. The highest BCUT2D eigenvalue weighted by Gasteiger charge is 2.36. The molecule has 0 bridgehead atoms. The van der Waals surface area contributed by atoms with Crippen LogP contribution in [0, 0.1) is 0 Å². The van der Waals surface area contributed by atoms with Crippen LogP contribution in [0.3, 0.4) is 0 Å². The summed E-state index contributed by atoms with van der Waals surface area (Å²) in [6.45, 7) is 3.31. The average molecular weight is 476 g/mol. The summed E-state index contributed by atoms with van der Waals surface area (Å²) in [6, 6.07) is 0.663. The molecule has 0 saturated carbocycles. The molecular weight excluding hydrogens is 422 g/mol. The van der Waals surface area contributed by atoms with Crippen molar-refractivity contribution < 1.29 is 22.8 Å². The molecule has 0 aliphatic carbocycles. The van der Waals surface area contributed by atoms with Crippen LogP contribution >= 0.6 is 0 Å². The molecule has 32 heavy (non-hydrogen) atoms. The van der Waals surface area contributed by atoms with Gasteiger partial charge in [-0.05, 0) is 12.8 Å². The summed E-state index contributed by atoms with van der Waals surface area (Å²) in [5.74, 6) is 0. The zero-order valence-corrected chi connectivity index (χ0v) is 22.7. The molecule has 0 rings (SSSR count). The molecule has 0 fully saturated rings. The highest BCUT2D eigenvalue weighted by atomic mass is 28.4. The second-order valence-electron chi connectivity index (χ2n) is 8.76. The van der Waals surface area contributed by atoms with Crippen LogP contribution in [0.5, 0.6) is 0 Å². The van der Waals surface area contributed by atoms with E-state index >= 15 is 0 Å². The first-order chi connectivity index (χ1) is 15.6. The molecular formula is C25H53NO5Si. The third kappa shape index (κ3) is 18.9. The Morgan fingerprint density at radius 2 is 1.03 bits per heavy atom. The lowest BCUT2D eigenvalue weighted by molar-refractivity contribution is 0.122. The Kier molecular flexibility index (Phi) is 23.1. The van der Waals surface area contributed by atoms with E-state index in [4.69, 9.17) is 18.0 Å². The van der Waals surface area contributed by atoms with E-state index in [9.17, 15) is 4.79 Å². The van der Waals surface area contributed by atoms with Gasteiger partial charge in [-0.25, -0.2) is 4.79 Å². The van der Waals surface area contributed by atoms with E-state index in [-0.39, 0.29) is 6.09 Å². The number of carbonyl (C=O) groups is 1. The van der Waals surface area contributed by atoms with Crippen LogP contribution in [0.25, 0.3) is 0 Å². The first-order valence-electron chi connectivity index (χ1n) is 13.2. The topological polar surface area (TPSA) is 66.0 Å². The van der Waals surface area contributed by atoms with Crippen molar-refractivity contribution in [2.45, 2.75) is 122 Å². The summed E-state index contributed by atoms with van der Waals surface area (Å²) in [6.07, 6.45) is 21.8. The van der Waals surface area contributed by atoms with Crippen molar-refractivity contribution in [2.75, 3.05) is 34.5 Å². The molecule has 0 heterocycles. The van der Waals surface area contributed by atoms with Crippen LogP contribution < -0.4 is 5.32 Å². The fourth-order valence-corrected chi connectivity index (χ4v) is 5.64. The van der Waals surface area contributed by atoms with Crippen molar-refractivity contribution >= 4 is 14.9 Å². The lowest BCUT2D eigenvalue weighted by Crippen LogP contribution is -2.43. The smallest absolute Gasteiger partial charge is 0.450 e. The van der Waals surface area contributed by atoms with Crippen molar-refractivity contribution in [3.63, 3.8) is 0 Å². The molecule has 0 unspecified atom stereocenters. The van der Waals surface area contributed by atoms with Gasteiger partial charge in [-0.1, -0.05) is 103 Å². The zero-order chi connectivity index (χ0) is 23.8. The van der Waals surface area contributed by atoms with Gasteiger partial charge in [-0.3, -0.25) is 0 Å². The van der Waals surface area contributed by atoms with Gasteiger partial charge in [-0.15, -0.1) is 0 Å². The Morgan fingerprint density at radius 3 is 1.44 bits per heavy atom. The molecule has 0 atom stereocenters. The van der Waals surface area contributed by atoms with Crippen LogP contribution in [-0.4, -0.2) is 49.4 Å². The van der Waals surface area contributed by atoms with Gasteiger partial charge in [0.25, 0.3) is 0 Å². The van der Waals surface area contributed by atoms with E-state index < -0.39 is 8.80 Å². The molecule has 0 aliphatic rings. The Bertz CT molecular complexity index is 400. The van der Waals surface area contributed by atoms with Crippen LogP contribution in [0.4, 0.5) is 4.79 Å². The minimum atomic E-state index is -2.55. The lowest BCUT2D eigenvalue weighted by atomic mass is 10.0. The van der Waals surface area contributed by atoms with Gasteiger partial charge in [0.05, 0.1) is 6.61 Å². The van der Waals surface area contributed by atoms with Gasteiger partial charge in [0.15, 0.2) is 0 Å². The van der Waals surface area contributed by atoms with Crippen LogP contribution in [-0.2, 0) is 18.0 Å². The second kappa shape index (κ2) is 23.5. The molecule has 6 nitrogen and oxygen atoms in total. The SMILES string of the molecule is CCCCCCCCCCCCCCCCCCOC(=O)NCCC[Si](OC)(OC)OC. The molecule has 0 spiro atoms. The van der Waals surface area contributed by atoms with Gasteiger partial charge >= 0.3 is 14.9 Å². The van der Waals surface area contributed by atoms with Crippen LogP contribution in [0.2, 0.25) is 6.04 Å². The summed E-state index contributed by atoms with van der Waals surface area (Å²) in [5, 5.41) is 2.78. The summed E-state index contributed by atoms with van der Waals surface area (Å²) < 4.78 is 21.3. The molecule has 1 N–H and O–H groups in total. The van der Waals surface area contributed by atoms with Crippen molar-refractivity contribution in [2.24, 2.45) is 0 Å². The Hall–Kier alpha value is -0.633. The van der Waals surface area contributed by atoms with Gasteiger partial charge in [-0.2, -0.15) is 0 Å². The Labute approximate surface area is 199 Å². The summed E-state index contributed by atoms with van der Waals surface area (Å²) in [5.41, 5.74) is 0.